The average molecular weight is 275 g/mol. The molecule has 1 fully saturated rings. The minimum absolute atomic E-state index is 0.0281. The van der Waals surface area contributed by atoms with Gasteiger partial charge in [-0.15, -0.1) is 0 Å². The second kappa shape index (κ2) is 6.52. The van der Waals surface area contributed by atoms with Crippen molar-refractivity contribution >= 4 is 17.5 Å². The minimum Gasteiger partial charge on any atom is -0.352 e. The van der Waals surface area contributed by atoms with E-state index in [2.05, 4.69) is 16.0 Å². The monoisotopic (exact) mass is 275 g/mol. The van der Waals surface area contributed by atoms with Gasteiger partial charge in [-0.3, -0.25) is 9.59 Å². The van der Waals surface area contributed by atoms with Gasteiger partial charge in [0, 0.05) is 42.7 Å². The predicted molar refractivity (Wildman–Crippen MR) is 78.6 cm³/mol. The van der Waals surface area contributed by atoms with Crippen LogP contribution in [0.5, 0.6) is 0 Å². The van der Waals surface area contributed by atoms with Crippen LogP contribution in [0.15, 0.2) is 24.3 Å². The Hall–Kier alpha value is -1.88. The largest absolute Gasteiger partial charge is 0.352 e. The minimum atomic E-state index is -0.0707. The molecule has 1 saturated heterocycles. The summed E-state index contributed by atoms with van der Waals surface area (Å²) in [7, 11) is 0. The van der Waals surface area contributed by atoms with Gasteiger partial charge in [-0.1, -0.05) is 13.8 Å². The Morgan fingerprint density at radius 1 is 1.25 bits per heavy atom. The molecule has 1 aromatic rings. The fourth-order valence-corrected chi connectivity index (χ4v) is 1.82. The van der Waals surface area contributed by atoms with E-state index in [0.717, 1.165) is 13.1 Å². The molecule has 0 atom stereocenters. The first-order valence-electron chi connectivity index (χ1n) is 6.96. The van der Waals surface area contributed by atoms with Crippen LogP contribution in [0.2, 0.25) is 0 Å². The summed E-state index contributed by atoms with van der Waals surface area (Å²) in [6.45, 7) is 6.33. The Labute approximate surface area is 119 Å². The number of anilines is 1. The van der Waals surface area contributed by atoms with Crippen molar-refractivity contribution in [3.63, 3.8) is 0 Å². The molecule has 0 unspecified atom stereocenters. The predicted octanol–water partition coefficient (Wildman–Crippen LogP) is 1.23. The molecule has 0 bridgehead atoms. The average Bonchev–Trinajstić information content (AvgIpc) is 2.37. The molecule has 5 nitrogen and oxygen atoms in total. The van der Waals surface area contributed by atoms with Gasteiger partial charge in [-0.2, -0.15) is 0 Å². The zero-order valence-corrected chi connectivity index (χ0v) is 11.9. The first-order valence-corrected chi connectivity index (χ1v) is 6.96. The summed E-state index contributed by atoms with van der Waals surface area (Å²) in [5.41, 5.74) is 1.32. The second-order valence-corrected chi connectivity index (χ2v) is 5.46. The van der Waals surface area contributed by atoms with Crippen LogP contribution in [-0.2, 0) is 4.79 Å². The van der Waals surface area contributed by atoms with Gasteiger partial charge < -0.3 is 16.0 Å². The van der Waals surface area contributed by atoms with E-state index < -0.39 is 0 Å². The van der Waals surface area contributed by atoms with Gasteiger partial charge in [-0.05, 0) is 24.3 Å². The molecule has 5 heteroatoms. The highest BCUT2D eigenvalue weighted by Crippen LogP contribution is 2.11. The van der Waals surface area contributed by atoms with Crippen LogP contribution in [-0.4, -0.2) is 31.4 Å². The van der Waals surface area contributed by atoms with E-state index in [4.69, 9.17) is 0 Å². The molecule has 3 N–H and O–H groups in total. The molecule has 0 aromatic heterocycles. The van der Waals surface area contributed by atoms with Crippen LogP contribution < -0.4 is 16.0 Å². The second-order valence-electron chi connectivity index (χ2n) is 5.46. The molecule has 20 heavy (non-hydrogen) atoms. The number of nitrogens with one attached hydrogen (secondary N) is 3. The van der Waals surface area contributed by atoms with Crippen molar-refractivity contribution in [1.29, 1.82) is 0 Å². The molecule has 0 spiro atoms. The molecule has 2 amide bonds. The molecular weight excluding hydrogens is 254 g/mol. The molecule has 0 aliphatic carbocycles. The highest BCUT2D eigenvalue weighted by atomic mass is 16.2. The van der Waals surface area contributed by atoms with Crippen LogP contribution in [0.1, 0.15) is 24.2 Å². The lowest BCUT2D eigenvalue weighted by molar-refractivity contribution is -0.118. The third-order valence-electron chi connectivity index (χ3n) is 3.36. The van der Waals surface area contributed by atoms with E-state index >= 15 is 0 Å². The van der Waals surface area contributed by atoms with Gasteiger partial charge in [0.2, 0.25) is 5.91 Å². The number of rotatable bonds is 5. The van der Waals surface area contributed by atoms with Crippen molar-refractivity contribution in [1.82, 2.24) is 10.6 Å². The maximum absolute atomic E-state index is 11.9. The van der Waals surface area contributed by atoms with Crippen LogP contribution >= 0.6 is 0 Å². The van der Waals surface area contributed by atoms with Gasteiger partial charge in [0.25, 0.3) is 5.91 Å². The summed E-state index contributed by atoms with van der Waals surface area (Å²) in [5, 5.41) is 8.88. The highest BCUT2D eigenvalue weighted by molar-refractivity contribution is 5.96. The summed E-state index contributed by atoms with van der Waals surface area (Å²) in [5.74, 6) is 0.385. The Morgan fingerprint density at radius 3 is 2.40 bits per heavy atom. The van der Waals surface area contributed by atoms with Crippen molar-refractivity contribution in [3.05, 3.63) is 29.8 Å². The number of hydrogen-bond acceptors (Lipinski definition) is 3. The van der Waals surface area contributed by atoms with E-state index in [1.807, 2.05) is 13.8 Å². The van der Waals surface area contributed by atoms with Crippen molar-refractivity contribution in [2.24, 2.45) is 11.8 Å². The smallest absolute Gasteiger partial charge is 0.251 e. The van der Waals surface area contributed by atoms with Crippen LogP contribution in [0.3, 0.4) is 0 Å². The third-order valence-corrected chi connectivity index (χ3v) is 3.36. The fraction of sp³-hybridized carbons (Fsp3) is 0.467. The van der Waals surface area contributed by atoms with Gasteiger partial charge in [0.15, 0.2) is 0 Å². The number of carbonyl (C=O) groups excluding carboxylic acids is 2. The van der Waals surface area contributed by atoms with E-state index in [0.29, 0.717) is 23.7 Å². The normalized spacial score (nSPS) is 14.8. The topological polar surface area (TPSA) is 70.2 Å². The van der Waals surface area contributed by atoms with E-state index in [9.17, 15) is 9.59 Å². The third kappa shape index (κ3) is 3.81. The molecule has 1 heterocycles. The molecule has 108 valence electrons. The van der Waals surface area contributed by atoms with Gasteiger partial charge in [0.05, 0.1) is 0 Å². The van der Waals surface area contributed by atoms with Gasteiger partial charge in [0.1, 0.15) is 0 Å². The van der Waals surface area contributed by atoms with E-state index in [1.54, 1.807) is 24.3 Å². The Balaban J connectivity index is 1.86. The molecule has 1 aromatic carbocycles. The molecule has 0 radical (unpaired) electrons. The fourth-order valence-electron chi connectivity index (χ4n) is 1.82. The number of hydrogen-bond donors (Lipinski definition) is 3. The lowest BCUT2D eigenvalue weighted by atomic mass is 10.0. The van der Waals surface area contributed by atoms with E-state index in [1.165, 1.54) is 0 Å². The number of benzene rings is 1. The highest BCUT2D eigenvalue weighted by Gasteiger charge is 2.17. The Morgan fingerprint density at radius 2 is 1.90 bits per heavy atom. The maximum Gasteiger partial charge on any atom is 0.251 e. The van der Waals surface area contributed by atoms with Crippen LogP contribution in [0, 0.1) is 11.8 Å². The van der Waals surface area contributed by atoms with Crippen LogP contribution in [0.25, 0.3) is 0 Å². The van der Waals surface area contributed by atoms with E-state index in [-0.39, 0.29) is 17.7 Å². The summed E-state index contributed by atoms with van der Waals surface area (Å²) in [6, 6.07) is 6.95. The van der Waals surface area contributed by atoms with Gasteiger partial charge in [-0.25, -0.2) is 0 Å². The Kier molecular flexibility index (Phi) is 4.74. The van der Waals surface area contributed by atoms with Crippen LogP contribution in [0.4, 0.5) is 5.69 Å². The SMILES string of the molecule is CC(C)C(=O)Nc1ccc(C(=O)NCC2CNC2)cc1. The van der Waals surface area contributed by atoms with Crippen molar-refractivity contribution in [3.8, 4) is 0 Å². The zero-order valence-electron chi connectivity index (χ0n) is 11.9. The first kappa shape index (κ1) is 14.5. The maximum atomic E-state index is 11.9. The Bertz CT molecular complexity index is 478. The molecule has 0 saturated carbocycles. The number of carbonyl (C=O) groups is 2. The van der Waals surface area contributed by atoms with Gasteiger partial charge >= 0.3 is 0 Å². The number of amides is 2. The summed E-state index contributed by atoms with van der Waals surface area (Å²) in [6.07, 6.45) is 0. The molecule has 2 rings (SSSR count). The molecule has 1 aliphatic rings. The summed E-state index contributed by atoms with van der Waals surface area (Å²) in [4.78, 5) is 23.5. The molecular formula is C15H21N3O2. The lowest BCUT2D eigenvalue weighted by Gasteiger charge is -2.27. The van der Waals surface area contributed by atoms with Crippen molar-refractivity contribution < 1.29 is 9.59 Å². The summed E-state index contributed by atoms with van der Waals surface area (Å²) < 4.78 is 0. The first-order chi connectivity index (χ1) is 9.56. The standard InChI is InChI=1S/C15H21N3O2/c1-10(2)14(19)18-13-5-3-12(4-6-13)15(20)17-9-11-7-16-8-11/h3-6,10-11,16H,7-9H2,1-2H3,(H,17,20)(H,18,19). The quantitative estimate of drug-likeness (QED) is 0.757. The summed E-state index contributed by atoms with van der Waals surface area (Å²) >= 11 is 0. The van der Waals surface area contributed by atoms with Crippen molar-refractivity contribution in [2.75, 3.05) is 25.0 Å². The lowest BCUT2D eigenvalue weighted by Crippen LogP contribution is -2.48. The molecule has 1 aliphatic heterocycles. The van der Waals surface area contributed by atoms with Crippen molar-refractivity contribution in [2.45, 2.75) is 13.8 Å². The zero-order chi connectivity index (χ0) is 14.5.